The Morgan fingerprint density at radius 3 is 2.14 bits per heavy atom. The largest absolute Gasteiger partial charge is 0.460 e. The third-order valence-electron chi connectivity index (χ3n) is 16.9. The number of allylic oxidation sites excluding steroid dienone is 5. The Kier molecular flexibility index (Phi) is 19.3. The number of hydrogen-bond donors (Lipinski definition) is 5. The summed E-state index contributed by atoms with van der Waals surface area (Å²) < 4.78 is 30.8. The zero-order chi connectivity index (χ0) is 48.8. The number of fused-ring (bicyclic) bond motifs is 5. The summed E-state index contributed by atoms with van der Waals surface area (Å²) in [7, 11) is 4.66. The number of Topliss-reactive ketones (excluding diaryl/α,β-unsaturated/α-hetero) is 1. The number of esters is 1. The van der Waals surface area contributed by atoms with Gasteiger partial charge in [-0.15, -0.1) is 0 Å². The molecule has 19 atom stereocenters. The molecule has 2 saturated heterocycles. The van der Waals surface area contributed by atoms with Crippen LogP contribution in [0.3, 0.4) is 0 Å². The Bertz CT molecular complexity index is 1730. The summed E-state index contributed by atoms with van der Waals surface area (Å²) in [4.78, 5) is 45.1. The van der Waals surface area contributed by atoms with Gasteiger partial charge in [0.2, 0.25) is 5.79 Å². The quantitative estimate of drug-likeness (QED) is 0.166. The Morgan fingerprint density at radius 1 is 0.758 bits per heavy atom. The molecule has 0 aromatic carbocycles. The molecule has 0 spiro atoms. The van der Waals surface area contributed by atoms with Crippen molar-refractivity contribution >= 4 is 17.7 Å². The topological polar surface area (TPSA) is 202 Å². The van der Waals surface area contributed by atoms with Crippen LogP contribution in [0.1, 0.15) is 132 Å². The Labute approximate surface area is 394 Å². The van der Waals surface area contributed by atoms with Crippen molar-refractivity contribution in [2.24, 2.45) is 46.8 Å². The van der Waals surface area contributed by atoms with Crippen molar-refractivity contribution in [2.45, 2.75) is 199 Å². The van der Waals surface area contributed by atoms with E-state index in [4.69, 9.17) is 23.7 Å². The van der Waals surface area contributed by atoms with Crippen molar-refractivity contribution in [1.29, 1.82) is 0 Å². The SMILES string of the molecule is CO[C@H]1C[C@H]2CC[C@@H](C)[C@@](O)(O2)C(=O)C(=O)N2CCCC[C@@H]2C(=O)O[C@H]2CC(O)[C@H](C)CC(C)[C@@H](O)[C@@H](OC)C(O)C([C@@H]3CC[C@@H](O)[C@H](OC)C3)([C@H](C)C[C@H](C)/C=C/C=C(/C)C=C1C)[C@H]2C. The van der Waals surface area contributed by atoms with E-state index in [1.54, 1.807) is 21.1 Å². The van der Waals surface area contributed by atoms with Gasteiger partial charge in [-0.05, 0) is 113 Å². The molecule has 66 heavy (non-hydrogen) atoms. The van der Waals surface area contributed by atoms with Crippen molar-refractivity contribution in [2.75, 3.05) is 27.9 Å². The molecule has 14 heteroatoms. The van der Waals surface area contributed by atoms with Crippen LogP contribution in [0.25, 0.3) is 0 Å². The number of hydrogen-bond acceptors (Lipinski definition) is 13. The number of aliphatic hydroxyl groups is 5. The molecule has 2 aliphatic carbocycles. The highest BCUT2D eigenvalue weighted by Crippen LogP contribution is 2.57. The van der Waals surface area contributed by atoms with Crippen LogP contribution in [0.15, 0.2) is 35.5 Å². The maximum absolute atomic E-state index is 15.0. The Hall–Kier alpha value is -2.53. The number of piperidine rings is 1. The number of ether oxygens (including phenoxy) is 5. The number of carbonyl (C=O) groups excluding carboxylic acids is 3. The average molecular weight is 932 g/mol. The molecule has 1 amide bonds. The van der Waals surface area contributed by atoms with Gasteiger partial charge in [0.05, 0.1) is 42.7 Å². The zero-order valence-electron chi connectivity index (χ0n) is 41.8. The second-order valence-electron chi connectivity index (χ2n) is 21.3. The van der Waals surface area contributed by atoms with Crippen molar-refractivity contribution in [3.63, 3.8) is 0 Å². The van der Waals surface area contributed by atoms with Crippen LogP contribution in [0.2, 0.25) is 0 Å². The summed E-state index contributed by atoms with van der Waals surface area (Å²) >= 11 is 0. The predicted octanol–water partition coefficient (Wildman–Crippen LogP) is 5.84. The predicted molar refractivity (Wildman–Crippen MR) is 250 cm³/mol. The van der Waals surface area contributed by atoms with Gasteiger partial charge in [-0.1, -0.05) is 71.4 Å². The summed E-state index contributed by atoms with van der Waals surface area (Å²) in [6.45, 7) is 15.7. The zero-order valence-corrected chi connectivity index (χ0v) is 41.8. The molecule has 4 fully saturated rings. The molecule has 4 bridgehead atoms. The number of carbonyl (C=O) groups is 3. The van der Waals surface area contributed by atoms with Crippen LogP contribution in [0.5, 0.6) is 0 Å². The van der Waals surface area contributed by atoms with Gasteiger partial charge in [-0.25, -0.2) is 4.79 Å². The van der Waals surface area contributed by atoms with E-state index < -0.39 is 108 Å². The average Bonchev–Trinajstić information content (AvgIpc) is 3.29. The molecule has 376 valence electrons. The standard InChI is InChI=1S/C52H85NO13/c1-29-15-14-16-30(2)24-35(7)51(37-19-21-40(54)44(26-37)63-10)36(8)43(28-41(55)31(3)25-33(5)45(56)46(64-11)47(51)57)65-50(60)39-17-12-13-22-53(39)49(59)48(58)52(61)34(6)18-20-38(66-52)27-42(62-9)32(4)23-29/h14-16,23,30-31,33-47,54-57,61H,12-13,17-22,24-28H2,1-11H3/b16-14+,29-15-,32-23?/t30-,31-,33?,34-,35-,36+,37-,38-,39-,40-,41?,42+,43+,44-,45-,46-,47?,51?,52-/m1/s1. The van der Waals surface area contributed by atoms with Crippen molar-refractivity contribution in [3.05, 3.63) is 35.5 Å². The second-order valence-corrected chi connectivity index (χ2v) is 21.3. The van der Waals surface area contributed by atoms with E-state index in [0.717, 1.165) is 11.1 Å². The molecule has 5 N–H and O–H groups in total. The molecule has 2 saturated carbocycles. The number of methoxy groups -OCH3 is 3. The summed E-state index contributed by atoms with van der Waals surface area (Å²) in [5.74, 6) is -8.19. The highest BCUT2D eigenvalue weighted by atomic mass is 16.6. The molecule has 14 nitrogen and oxygen atoms in total. The van der Waals surface area contributed by atoms with Gasteiger partial charge >= 0.3 is 5.97 Å². The minimum atomic E-state index is -2.43. The van der Waals surface area contributed by atoms with Crippen molar-refractivity contribution in [1.82, 2.24) is 4.90 Å². The fourth-order valence-corrected chi connectivity index (χ4v) is 12.8. The van der Waals surface area contributed by atoms with Crippen molar-refractivity contribution < 1.29 is 63.6 Å². The van der Waals surface area contributed by atoms with E-state index in [1.807, 2.05) is 52.8 Å². The maximum Gasteiger partial charge on any atom is 0.329 e. The van der Waals surface area contributed by atoms with Crippen LogP contribution in [0.4, 0.5) is 0 Å². The van der Waals surface area contributed by atoms with Gasteiger partial charge in [0.1, 0.15) is 18.2 Å². The molecule has 3 heterocycles. The summed E-state index contributed by atoms with van der Waals surface area (Å²) in [5, 5.41) is 60.7. The fourth-order valence-electron chi connectivity index (χ4n) is 12.8. The highest BCUT2D eigenvalue weighted by Gasteiger charge is 2.60. The van der Waals surface area contributed by atoms with Gasteiger partial charge in [0.25, 0.3) is 11.7 Å². The first-order valence-electron chi connectivity index (χ1n) is 25.0. The number of ketones is 1. The lowest BCUT2D eigenvalue weighted by atomic mass is 9.50. The van der Waals surface area contributed by atoms with E-state index in [9.17, 15) is 39.9 Å². The molecule has 0 radical (unpaired) electrons. The molecule has 0 aromatic heterocycles. The molecule has 3 aliphatic heterocycles. The van der Waals surface area contributed by atoms with Gasteiger partial charge in [0, 0.05) is 58.0 Å². The summed E-state index contributed by atoms with van der Waals surface area (Å²) in [6, 6.07) is -1.17. The van der Waals surface area contributed by atoms with Gasteiger partial charge in [-0.2, -0.15) is 0 Å². The second kappa shape index (κ2) is 23.4. The molecule has 5 rings (SSSR count). The van der Waals surface area contributed by atoms with Crippen LogP contribution >= 0.6 is 0 Å². The van der Waals surface area contributed by atoms with Crippen LogP contribution < -0.4 is 0 Å². The van der Waals surface area contributed by atoms with Gasteiger partial charge in [0.15, 0.2) is 0 Å². The van der Waals surface area contributed by atoms with E-state index in [0.29, 0.717) is 64.2 Å². The van der Waals surface area contributed by atoms with E-state index >= 15 is 0 Å². The first-order valence-corrected chi connectivity index (χ1v) is 25.0. The molecule has 0 aromatic rings. The fraction of sp³-hybridized carbons (Fsp3) is 0.827. The lowest BCUT2D eigenvalue weighted by Crippen LogP contribution is -2.63. The van der Waals surface area contributed by atoms with E-state index in [-0.39, 0.29) is 43.1 Å². The normalized spacial score (nSPS) is 45.8. The lowest BCUT2D eigenvalue weighted by Gasteiger charge is -2.58. The van der Waals surface area contributed by atoms with Crippen LogP contribution in [-0.4, -0.2) is 143 Å². The van der Waals surface area contributed by atoms with Gasteiger partial charge < -0.3 is 54.1 Å². The molecular formula is C52H85NO13. The van der Waals surface area contributed by atoms with Crippen LogP contribution in [0, 0.1) is 46.8 Å². The van der Waals surface area contributed by atoms with E-state index in [1.165, 1.54) is 12.0 Å². The number of aliphatic hydroxyl groups excluding tert-OH is 4. The first kappa shape index (κ1) is 54.4. The summed E-state index contributed by atoms with van der Waals surface area (Å²) in [5.41, 5.74) is 0.709. The number of nitrogens with zero attached hydrogens (tertiary/aromatic N) is 1. The highest BCUT2D eigenvalue weighted by molar-refractivity contribution is 6.39. The maximum atomic E-state index is 15.0. The van der Waals surface area contributed by atoms with Crippen molar-refractivity contribution in [3.8, 4) is 0 Å². The Balaban J connectivity index is 1.73. The first-order chi connectivity index (χ1) is 31.1. The minimum absolute atomic E-state index is 0.000198. The minimum Gasteiger partial charge on any atom is -0.460 e. The molecule has 5 aliphatic rings. The van der Waals surface area contributed by atoms with Crippen LogP contribution in [-0.2, 0) is 38.1 Å². The third kappa shape index (κ3) is 11.6. The van der Waals surface area contributed by atoms with E-state index in [2.05, 4.69) is 19.9 Å². The number of rotatable bonds is 4. The molecular weight excluding hydrogens is 847 g/mol. The number of amides is 1. The Morgan fingerprint density at radius 2 is 1.47 bits per heavy atom. The third-order valence-corrected chi connectivity index (χ3v) is 16.9. The monoisotopic (exact) mass is 932 g/mol. The van der Waals surface area contributed by atoms with Gasteiger partial charge in [-0.3, -0.25) is 9.59 Å². The molecule has 4 unspecified atom stereocenters. The smallest absolute Gasteiger partial charge is 0.329 e. The summed E-state index contributed by atoms with van der Waals surface area (Å²) in [6.07, 6.45) is 5.20. The lowest BCUT2D eigenvalue weighted by molar-refractivity contribution is -0.265.